The third-order valence-corrected chi connectivity index (χ3v) is 8.30. The Bertz CT molecular complexity index is 994. The van der Waals surface area contributed by atoms with Gasteiger partial charge in [0.2, 0.25) is 5.91 Å². The molecule has 2 amide bonds. The van der Waals surface area contributed by atoms with Crippen molar-refractivity contribution in [2.45, 2.75) is 62.9 Å². The summed E-state index contributed by atoms with van der Waals surface area (Å²) in [7, 11) is 0. The molecule has 4 nitrogen and oxygen atoms in total. The second kappa shape index (κ2) is 8.90. The van der Waals surface area contributed by atoms with Crippen molar-refractivity contribution in [2.75, 3.05) is 6.54 Å². The van der Waals surface area contributed by atoms with Gasteiger partial charge in [-0.1, -0.05) is 48.0 Å². The Hall–Kier alpha value is -2.33. The van der Waals surface area contributed by atoms with Crippen LogP contribution in [0.4, 0.5) is 0 Å². The fraction of sp³-hybridized carbons (Fsp3) is 0.481. The summed E-state index contributed by atoms with van der Waals surface area (Å²) in [5.41, 5.74) is 1.89. The molecule has 1 saturated carbocycles. The SMILES string of the molecule is O=C(N[C@H]1CC[C@@]23CCCN2C(=O)CCC[C@H]3[C@H]1Cc1ccccc1)c1cccc(Cl)c1. The maximum atomic E-state index is 13.1. The van der Waals surface area contributed by atoms with Crippen molar-refractivity contribution in [3.63, 3.8) is 0 Å². The van der Waals surface area contributed by atoms with Crippen LogP contribution in [0.3, 0.4) is 0 Å². The third-order valence-electron chi connectivity index (χ3n) is 8.07. The molecule has 0 bridgehead atoms. The highest BCUT2D eigenvalue weighted by Gasteiger charge is 2.56. The van der Waals surface area contributed by atoms with Crippen LogP contribution in [0.2, 0.25) is 5.02 Å². The van der Waals surface area contributed by atoms with Gasteiger partial charge in [-0.25, -0.2) is 0 Å². The molecule has 0 aromatic heterocycles. The summed E-state index contributed by atoms with van der Waals surface area (Å²) in [5, 5.41) is 3.95. The van der Waals surface area contributed by atoms with E-state index in [1.54, 1.807) is 12.1 Å². The molecule has 2 heterocycles. The minimum Gasteiger partial charge on any atom is -0.349 e. The summed E-state index contributed by atoms with van der Waals surface area (Å²) in [6.07, 6.45) is 7.68. The minimum atomic E-state index is -0.0560. The van der Waals surface area contributed by atoms with E-state index in [0.717, 1.165) is 51.5 Å². The van der Waals surface area contributed by atoms with Crippen LogP contribution in [-0.2, 0) is 11.2 Å². The van der Waals surface area contributed by atoms with E-state index < -0.39 is 0 Å². The Morgan fingerprint density at radius 1 is 1.06 bits per heavy atom. The van der Waals surface area contributed by atoms with Crippen LogP contribution in [0.15, 0.2) is 54.6 Å². The molecule has 3 aliphatic rings. The fourth-order valence-electron chi connectivity index (χ4n) is 6.73. The number of hydrogen-bond acceptors (Lipinski definition) is 2. The van der Waals surface area contributed by atoms with E-state index in [9.17, 15) is 9.59 Å². The van der Waals surface area contributed by atoms with E-state index in [4.69, 9.17) is 11.6 Å². The average molecular weight is 451 g/mol. The molecule has 1 spiro atoms. The zero-order chi connectivity index (χ0) is 22.1. The number of nitrogens with one attached hydrogen (secondary N) is 1. The van der Waals surface area contributed by atoms with Gasteiger partial charge < -0.3 is 10.2 Å². The van der Waals surface area contributed by atoms with Crippen molar-refractivity contribution in [2.24, 2.45) is 11.8 Å². The molecule has 3 fully saturated rings. The monoisotopic (exact) mass is 450 g/mol. The van der Waals surface area contributed by atoms with E-state index in [-0.39, 0.29) is 17.5 Å². The van der Waals surface area contributed by atoms with E-state index in [0.29, 0.717) is 34.7 Å². The summed E-state index contributed by atoms with van der Waals surface area (Å²) in [4.78, 5) is 28.3. The lowest BCUT2D eigenvalue weighted by Gasteiger charge is -2.53. The summed E-state index contributed by atoms with van der Waals surface area (Å²) in [6, 6.07) is 17.9. The number of carbonyl (C=O) groups excluding carboxylic acids is 2. The first-order valence-electron chi connectivity index (χ1n) is 12.0. The largest absolute Gasteiger partial charge is 0.349 e. The van der Waals surface area contributed by atoms with Crippen LogP contribution < -0.4 is 5.32 Å². The normalized spacial score (nSPS) is 29.7. The summed E-state index contributed by atoms with van der Waals surface area (Å²) < 4.78 is 0. The number of halogens is 1. The van der Waals surface area contributed by atoms with Crippen LogP contribution in [0.5, 0.6) is 0 Å². The first-order valence-corrected chi connectivity index (χ1v) is 12.4. The van der Waals surface area contributed by atoms with Gasteiger partial charge in [0, 0.05) is 35.1 Å². The number of benzene rings is 2. The van der Waals surface area contributed by atoms with Gasteiger partial charge in [-0.2, -0.15) is 0 Å². The van der Waals surface area contributed by atoms with Crippen LogP contribution in [0, 0.1) is 11.8 Å². The van der Waals surface area contributed by atoms with Gasteiger partial charge in [0.15, 0.2) is 0 Å². The molecule has 32 heavy (non-hydrogen) atoms. The van der Waals surface area contributed by atoms with Crippen molar-refractivity contribution in [3.8, 4) is 0 Å². The molecule has 0 unspecified atom stereocenters. The van der Waals surface area contributed by atoms with Gasteiger partial charge in [0.1, 0.15) is 0 Å². The second-order valence-corrected chi connectivity index (χ2v) is 10.2. The summed E-state index contributed by atoms with van der Waals surface area (Å²) >= 11 is 6.13. The zero-order valence-electron chi connectivity index (χ0n) is 18.4. The number of amides is 2. The number of rotatable bonds is 4. The van der Waals surface area contributed by atoms with Gasteiger partial charge in [-0.15, -0.1) is 0 Å². The number of carbonyl (C=O) groups is 2. The molecule has 2 saturated heterocycles. The molecule has 5 heteroatoms. The molecular weight excluding hydrogens is 420 g/mol. The lowest BCUT2D eigenvalue weighted by molar-refractivity contribution is -0.138. The smallest absolute Gasteiger partial charge is 0.251 e. The van der Waals surface area contributed by atoms with Crippen molar-refractivity contribution in [1.82, 2.24) is 10.2 Å². The van der Waals surface area contributed by atoms with E-state index in [2.05, 4.69) is 34.5 Å². The summed E-state index contributed by atoms with van der Waals surface area (Å²) in [5.74, 6) is 1.00. The highest BCUT2D eigenvalue weighted by molar-refractivity contribution is 6.30. The molecule has 5 rings (SSSR count). The van der Waals surface area contributed by atoms with E-state index >= 15 is 0 Å². The Morgan fingerprint density at radius 3 is 2.72 bits per heavy atom. The lowest BCUT2D eigenvalue weighted by atomic mass is 9.61. The fourth-order valence-corrected chi connectivity index (χ4v) is 6.92. The predicted octanol–water partition coefficient (Wildman–Crippen LogP) is 5.25. The van der Waals surface area contributed by atoms with Crippen molar-refractivity contribution < 1.29 is 9.59 Å². The van der Waals surface area contributed by atoms with Crippen molar-refractivity contribution in [3.05, 3.63) is 70.7 Å². The van der Waals surface area contributed by atoms with Gasteiger partial charge in [0.25, 0.3) is 5.91 Å². The molecule has 168 valence electrons. The Morgan fingerprint density at radius 2 is 1.91 bits per heavy atom. The van der Waals surface area contributed by atoms with E-state index in [1.165, 1.54) is 5.56 Å². The Kier molecular flexibility index (Phi) is 5.98. The third kappa shape index (κ3) is 3.94. The first-order chi connectivity index (χ1) is 15.6. The van der Waals surface area contributed by atoms with Gasteiger partial charge in [0.05, 0.1) is 0 Å². The van der Waals surface area contributed by atoms with Crippen LogP contribution in [0.1, 0.15) is 60.9 Å². The molecule has 0 radical (unpaired) electrons. The quantitative estimate of drug-likeness (QED) is 0.691. The van der Waals surface area contributed by atoms with Crippen LogP contribution in [0.25, 0.3) is 0 Å². The molecule has 2 aromatic rings. The highest BCUT2D eigenvalue weighted by atomic mass is 35.5. The number of nitrogens with zero attached hydrogens (tertiary/aromatic N) is 1. The Balaban J connectivity index is 1.46. The molecule has 1 aliphatic carbocycles. The summed E-state index contributed by atoms with van der Waals surface area (Å²) in [6.45, 7) is 0.896. The predicted molar refractivity (Wildman–Crippen MR) is 127 cm³/mol. The topological polar surface area (TPSA) is 49.4 Å². The van der Waals surface area contributed by atoms with Crippen LogP contribution >= 0.6 is 11.6 Å². The van der Waals surface area contributed by atoms with Crippen LogP contribution in [-0.4, -0.2) is 34.8 Å². The van der Waals surface area contributed by atoms with Crippen molar-refractivity contribution in [1.29, 1.82) is 0 Å². The minimum absolute atomic E-state index is 0.0235. The standard InChI is InChI=1S/C27H31ClN2O2/c28-21-10-4-9-20(18-21)26(32)29-24-13-15-27-14-6-16-30(27)25(31)12-5-11-23(27)22(24)17-19-7-2-1-3-8-19/h1-4,7-10,18,22-24H,5-6,11-17H2,(H,29,32)/t22-,23+,24+,27-/m1/s1. The first kappa shape index (κ1) is 21.5. The average Bonchev–Trinajstić information content (AvgIpc) is 3.16. The molecule has 4 atom stereocenters. The van der Waals surface area contributed by atoms with Gasteiger partial charge in [-0.05, 0) is 80.5 Å². The van der Waals surface area contributed by atoms with Gasteiger partial charge >= 0.3 is 0 Å². The Labute approximate surface area is 195 Å². The van der Waals surface area contributed by atoms with Gasteiger partial charge in [-0.3, -0.25) is 9.59 Å². The van der Waals surface area contributed by atoms with Crippen molar-refractivity contribution >= 4 is 23.4 Å². The zero-order valence-corrected chi connectivity index (χ0v) is 19.2. The maximum absolute atomic E-state index is 13.1. The molecule has 2 aliphatic heterocycles. The molecular formula is C27H31ClN2O2. The molecule has 1 N–H and O–H groups in total. The van der Waals surface area contributed by atoms with E-state index in [1.807, 2.05) is 18.2 Å². The number of hydrogen-bond donors (Lipinski definition) is 1. The second-order valence-electron chi connectivity index (χ2n) is 9.73. The lowest BCUT2D eigenvalue weighted by Crippen LogP contribution is -2.60. The molecule has 2 aromatic carbocycles. The highest BCUT2D eigenvalue weighted by Crippen LogP contribution is 2.52. The maximum Gasteiger partial charge on any atom is 0.251 e.